The number of carbonyl (C=O) groups excluding carboxylic acids is 4. The molecule has 0 spiro atoms. The minimum absolute atomic E-state index is 0.00949. The standard InChI is InChI=1S/C16H17ClN2O5/c1-2-4-12(20)14-9(5-3-6-10(14)17)15(22)18-11-7-8-13(21)19(24)16(11)23/h3,5-6,11,24H,2,4,7-8H2,1H3,(H,18,22). The lowest BCUT2D eigenvalue weighted by Crippen LogP contribution is -2.53. The van der Waals surface area contributed by atoms with Crippen LogP contribution >= 0.6 is 11.6 Å². The number of nitrogens with one attached hydrogen (secondary N) is 1. The summed E-state index contributed by atoms with van der Waals surface area (Å²) in [6, 6.07) is 3.46. The van der Waals surface area contributed by atoms with Gasteiger partial charge in [-0.25, -0.2) is 0 Å². The highest BCUT2D eigenvalue weighted by molar-refractivity contribution is 6.35. The van der Waals surface area contributed by atoms with Crippen molar-refractivity contribution in [3.8, 4) is 0 Å². The smallest absolute Gasteiger partial charge is 0.275 e. The summed E-state index contributed by atoms with van der Waals surface area (Å²) in [6.45, 7) is 1.84. The first kappa shape index (κ1) is 18.1. The zero-order valence-electron chi connectivity index (χ0n) is 13.0. The highest BCUT2D eigenvalue weighted by atomic mass is 35.5. The number of hydrogen-bond donors (Lipinski definition) is 2. The number of amides is 3. The number of halogens is 1. The Kier molecular flexibility index (Phi) is 5.69. The number of Topliss-reactive ketones (excluding diaryl/α,β-unsaturated/α-hetero) is 1. The highest BCUT2D eigenvalue weighted by Crippen LogP contribution is 2.23. The molecule has 24 heavy (non-hydrogen) atoms. The van der Waals surface area contributed by atoms with Gasteiger partial charge in [-0.2, -0.15) is 5.06 Å². The normalized spacial score (nSPS) is 17.8. The Morgan fingerprint density at radius 2 is 2.08 bits per heavy atom. The fourth-order valence-electron chi connectivity index (χ4n) is 2.49. The molecule has 0 saturated carbocycles. The first-order chi connectivity index (χ1) is 11.4. The van der Waals surface area contributed by atoms with E-state index in [0.717, 1.165) is 0 Å². The molecule has 1 fully saturated rings. The fraction of sp³-hybridized carbons (Fsp3) is 0.375. The van der Waals surface area contributed by atoms with Gasteiger partial charge in [-0.15, -0.1) is 0 Å². The van der Waals surface area contributed by atoms with Gasteiger partial charge in [0.2, 0.25) is 0 Å². The fourth-order valence-corrected chi connectivity index (χ4v) is 2.77. The van der Waals surface area contributed by atoms with Crippen molar-refractivity contribution < 1.29 is 24.4 Å². The van der Waals surface area contributed by atoms with E-state index in [1.54, 1.807) is 0 Å². The third-order valence-corrected chi connectivity index (χ3v) is 4.02. The number of imide groups is 1. The van der Waals surface area contributed by atoms with E-state index in [0.29, 0.717) is 6.42 Å². The number of carbonyl (C=O) groups is 4. The first-order valence-electron chi connectivity index (χ1n) is 7.55. The van der Waals surface area contributed by atoms with Crippen molar-refractivity contribution >= 4 is 35.1 Å². The van der Waals surface area contributed by atoms with Crippen LogP contribution in [0.4, 0.5) is 0 Å². The molecule has 1 aromatic rings. The summed E-state index contributed by atoms with van der Waals surface area (Å²) in [4.78, 5) is 47.8. The molecule has 1 aliphatic heterocycles. The number of nitrogens with zero attached hydrogens (tertiary/aromatic N) is 1. The number of ketones is 1. The molecule has 128 valence electrons. The maximum absolute atomic E-state index is 12.5. The molecule has 8 heteroatoms. The molecular weight excluding hydrogens is 336 g/mol. The maximum Gasteiger partial charge on any atom is 0.275 e. The van der Waals surface area contributed by atoms with Crippen molar-refractivity contribution in [3.63, 3.8) is 0 Å². The van der Waals surface area contributed by atoms with Crippen LogP contribution in [0, 0.1) is 0 Å². The molecule has 7 nitrogen and oxygen atoms in total. The molecule has 1 aromatic carbocycles. The predicted molar refractivity (Wildman–Crippen MR) is 84.8 cm³/mol. The first-order valence-corrected chi connectivity index (χ1v) is 7.92. The van der Waals surface area contributed by atoms with E-state index in [1.807, 2.05) is 6.92 Å². The monoisotopic (exact) mass is 352 g/mol. The van der Waals surface area contributed by atoms with Crippen LogP contribution in [0.3, 0.4) is 0 Å². The minimum Gasteiger partial charge on any atom is -0.340 e. The summed E-state index contributed by atoms with van der Waals surface area (Å²) in [5.41, 5.74) is 0.175. The van der Waals surface area contributed by atoms with Crippen LogP contribution in [0.15, 0.2) is 18.2 Å². The number of benzene rings is 1. The van der Waals surface area contributed by atoms with Crippen molar-refractivity contribution in [2.45, 2.75) is 38.6 Å². The van der Waals surface area contributed by atoms with Crippen molar-refractivity contribution in [1.82, 2.24) is 10.4 Å². The van der Waals surface area contributed by atoms with E-state index >= 15 is 0 Å². The molecule has 0 aromatic heterocycles. The summed E-state index contributed by atoms with van der Waals surface area (Å²) in [5.74, 6) is -2.53. The van der Waals surface area contributed by atoms with Gasteiger partial charge in [-0.05, 0) is 25.0 Å². The average molecular weight is 353 g/mol. The van der Waals surface area contributed by atoms with Crippen LogP contribution in [-0.4, -0.2) is 39.8 Å². The number of rotatable bonds is 5. The van der Waals surface area contributed by atoms with Gasteiger partial charge in [0, 0.05) is 18.4 Å². The van der Waals surface area contributed by atoms with Gasteiger partial charge in [0.15, 0.2) is 5.78 Å². The lowest BCUT2D eigenvalue weighted by Gasteiger charge is -2.26. The molecule has 1 unspecified atom stereocenters. The molecular formula is C16H17ClN2O5. The summed E-state index contributed by atoms with van der Waals surface area (Å²) >= 11 is 6.06. The Hall–Kier alpha value is -2.25. The summed E-state index contributed by atoms with van der Waals surface area (Å²) in [6.07, 6.45) is 0.864. The van der Waals surface area contributed by atoms with Crippen LogP contribution in [-0.2, 0) is 9.59 Å². The topological polar surface area (TPSA) is 104 Å². The SMILES string of the molecule is CCCC(=O)c1c(Cl)cccc1C(=O)NC1CCC(=O)N(O)C1=O. The Bertz CT molecular complexity index is 704. The molecule has 0 radical (unpaired) electrons. The largest absolute Gasteiger partial charge is 0.340 e. The predicted octanol–water partition coefficient (Wildman–Crippen LogP) is 1.96. The second-order valence-corrected chi connectivity index (χ2v) is 5.85. The maximum atomic E-state index is 12.5. The van der Waals surface area contributed by atoms with E-state index in [2.05, 4.69) is 5.32 Å². The minimum atomic E-state index is -1.03. The second kappa shape index (κ2) is 7.55. The zero-order chi connectivity index (χ0) is 17.9. The van der Waals surface area contributed by atoms with Crippen molar-refractivity contribution in [1.29, 1.82) is 0 Å². The third-order valence-electron chi connectivity index (χ3n) is 3.71. The van der Waals surface area contributed by atoms with E-state index in [1.165, 1.54) is 18.2 Å². The van der Waals surface area contributed by atoms with Gasteiger partial charge in [0.05, 0.1) is 10.6 Å². The van der Waals surface area contributed by atoms with Crippen LogP contribution < -0.4 is 5.32 Å². The van der Waals surface area contributed by atoms with E-state index in [4.69, 9.17) is 11.6 Å². The van der Waals surface area contributed by atoms with Crippen LogP contribution in [0.1, 0.15) is 53.3 Å². The van der Waals surface area contributed by atoms with Crippen LogP contribution in [0.25, 0.3) is 0 Å². The molecule has 2 rings (SSSR count). The second-order valence-electron chi connectivity index (χ2n) is 5.44. The molecule has 3 amide bonds. The Morgan fingerprint density at radius 1 is 1.38 bits per heavy atom. The highest BCUT2D eigenvalue weighted by Gasteiger charge is 2.35. The van der Waals surface area contributed by atoms with Crippen molar-refractivity contribution in [2.75, 3.05) is 0 Å². The van der Waals surface area contributed by atoms with E-state index in [-0.39, 0.29) is 46.3 Å². The van der Waals surface area contributed by atoms with Gasteiger partial charge in [-0.3, -0.25) is 24.4 Å². The van der Waals surface area contributed by atoms with Gasteiger partial charge >= 0.3 is 0 Å². The molecule has 0 bridgehead atoms. The Balaban J connectivity index is 2.24. The van der Waals surface area contributed by atoms with Crippen LogP contribution in [0.5, 0.6) is 0 Å². The lowest BCUT2D eigenvalue weighted by atomic mass is 9.99. The number of hydrogen-bond acceptors (Lipinski definition) is 5. The van der Waals surface area contributed by atoms with Crippen molar-refractivity contribution in [2.24, 2.45) is 0 Å². The van der Waals surface area contributed by atoms with Gasteiger partial charge in [-0.1, -0.05) is 24.6 Å². The molecule has 1 heterocycles. The molecule has 2 N–H and O–H groups in total. The quantitative estimate of drug-likeness (QED) is 0.479. The zero-order valence-corrected chi connectivity index (χ0v) is 13.8. The van der Waals surface area contributed by atoms with Gasteiger partial charge in [0.25, 0.3) is 17.7 Å². The Labute approximate surface area is 143 Å². The molecule has 1 saturated heterocycles. The summed E-state index contributed by atoms with van der Waals surface area (Å²) < 4.78 is 0. The van der Waals surface area contributed by atoms with Crippen molar-refractivity contribution in [3.05, 3.63) is 34.3 Å². The van der Waals surface area contributed by atoms with Gasteiger partial charge in [0.1, 0.15) is 6.04 Å². The molecule has 1 atom stereocenters. The van der Waals surface area contributed by atoms with E-state index in [9.17, 15) is 24.4 Å². The van der Waals surface area contributed by atoms with E-state index < -0.39 is 23.8 Å². The summed E-state index contributed by atoms with van der Waals surface area (Å²) in [5, 5.41) is 12.0. The lowest BCUT2D eigenvalue weighted by molar-refractivity contribution is -0.184. The van der Waals surface area contributed by atoms with Gasteiger partial charge < -0.3 is 5.32 Å². The van der Waals surface area contributed by atoms with Crippen LogP contribution in [0.2, 0.25) is 5.02 Å². The Morgan fingerprint density at radius 3 is 2.75 bits per heavy atom. The third kappa shape index (κ3) is 3.63. The number of piperidine rings is 1. The number of hydroxylamine groups is 2. The average Bonchev–Trinajstić information content (AvgIpc) is 2.55. The summed E-state index contributed by atoms with van der Waals surface area (Å²) in [7, 11) is 0. The molecule has 0 aliphatic carbocycles. The molecule has 1 aliphatic rings.